The zero-order chi connectivity index (χ0) is 13.4. The van der Waals surface area contributed by atoms with Gasteiger partial charge in [-0.15, -0.1) is 0 Å². The van der Waals surface area contributed by atoms with Crippen molar-refractivity contribution in [3.05, 3.63) is 46.7 Å². The molecule has 0 aliphatic carbocycles. The molecule has 0 aliphatic heterocycles. The number of nitrogens with one attached hydrogen (secondary N) is 1. The maximum atomic E-state index is 13.2. The van der Waals surface area contributed by atoms with Crippen LogP contribution in [-0.2, 0) is 0 Å². The molecule has 3 rings (SSSR count). The Labute approximate surface area is 121 Å². The van der Waals surface area contributed by atoms with Crippen molar-refractivity contribution >= 4 is 54.0 Å². The van der Waals surface area contributed by atoms with E-state index in [1.54, 1.807) is 6.07 Å². The molecule has 0 atom stereocenters. The summed E-state index contributed by atoms with van der Waals surface area (Å²) in [4.78, 5) is 4.43. The molecule has 0 unspecified atom stereocenters. The second kappa shape index (κ2) is 4.79. The number of nitrogens with two attached hydrogens (primary N) is 1. The van der Waals surface area contributed by atoms with Crippen LogP contribution < -0.4 is 11.1 Å². The molecule has 0 spiro atoms. The molecular weight excluding hydrogens is 329 g/mol. The van der Waals surface area contributed by atoms with E-state index < -0.39 is 0 Å². The van der Waals surface area contributed by atoms with Crippen molar-refractivity contribution in [3.63, 3.8) is 0 Å². The number of benzene rings is 2. The van der Waals surface area contributed by atoms with Crippen molar-refractivity contribution in [2.75, 3.05) is 11.1 Å². The third kappa shape index (κ3) is 2.54. The number of thiazole rings is 1. The van der Waals surface area contributed by atoms with Gasteiger partial charge in [-0.05, 0) is 52.3 Å². The van der Waals surface area contributed by atoms with Crippen LogP contribution in [0.25, 0.3) is 10.2 Å². The Bertz CT molecular complexity index is 757. The summed E-state index contributed by atoms with van der Waals surface area (Å²) in [5, 5.41) is 3.80. The highest BCUT2D eigenvalue weighted by Gasteiger charge is 2.07. The topological polar surface area (TPSA) is 50.9 Å². The maximum absolute atomic E-state index is 13.2. The van der Waals surface area contributed by atoms with E-state index in [2.05, 4.69) is 26.2 Å². The summed E-state index contributed by atoms with van der Waals surface area (Å²) in [7, 11) is 0. The lowest BCUT2D eigenvalue weighted by Crippen LogP contribution is -1.91. The smallest absolute Gasteiger partial charge is 0.188 e. The number of anilines is 3. The Hall–Kier alpha value is -1.66. The number of hydrogen-bond acceptors (Lipinski definition) is 4. The van der Waals surface area contributed by atoms with Crippen LogP contribution in [0.5, 0.6) is 0 Å². The molecule has 96 valence electrons. The zero-order valence-electron chi connectivity index (χ0n) is 9.65. The van der Waals surface area contributed by atoms with Gasteiger partial charge in [-0.1, -0.05) is 11.3 Å². The minimum Gasteiger partial charge on any atom is -0.399 e. The van der Waals surface area contributed by atoms with Gasteiger partial charge < -0.3 is 11.1 Å². The summed E-state index contributed by atoms with van der Waals surface area (Å²) >= 11 is 4.85. The monoisotopic (exact) mass is 337 g/mol. The van der Waals surface area contributed by atoms with Gasteiger partial charge in [0.05, 0.1) is 15.9 Å². The lowest BCUT2D eigenvalue weighted by Gasteiger charge is -2.04. The Morgan fingerprint density at radius 2 is 2.05 bits per heavy atom. The fourth-order valence-electron chi connectivity index (χ4n) is 1.70. The van der Waals surface area contributed by atoms with Gasteiger partial charge in [-0.2, -0.15) is 0 Å². The molecule has 3 N–H and O–H groups in total. The minimum absolute atomic E-state index is 0.295. The summed E-state index contributed by atoms with van der Waals surface area (Å²) in [6.07, 6.45) is 0. The van der Waals surface area contributed by atoms with Gasteiger partial charge in [0.2, 0.25) is 0 Å². The number of nitrogens with zero attached hydrogens (tertiary/aromatic N) is 1. The molecule has 0 fully saturated rings. The van der Waals surface area contributed by atoms with E-state index >= 15 is 0 Å². The Morgan fingerprint density at radius 1 is 1.21 bits per heavy atom. The molecule has 2 aromatic carbocycles. The van der Waals surface area contributed by atoms with Crippen LogP contribution in [0, 0.1) is 5.82 Å². The highest BCUT2D eigenvalue weighted by atomic mass is 79.9. The first-order chi connectivity index (χ1) is 9.11. The van der Waals surface area contributed by atoms with Gasteiger partial charge in [-0.25, -0.2) is 9.37 Å². The van der Waals surface area contributed by atoms with Gasteiger partial charge >= 0.3 is 0 Å². The predicted molar refractivity (Wildman–Crippen MR) is 81.4 cm³/mol. The van der Waals surface area contributed by atoms with E-state index in [0.29, 0.717) is 16.5 Å². The van der Waals surface area contributed by atoms with E-state index in [1.165, 1.54) is 23.5 Å². The standard InChI is InChI=1S/C13H9BrFN3S/c14-9-3-1-7(15)5-11(9)18-13-17-10-4-2-8(16)6-12(10)19-13/h1-6H,16H2,(H,17,18). The Kier molecular flexibility index (Phi) is 3.12. The number of rotatable bonds is 2. The van der Waals surface area contributed by atoms with Gasteiger partial charge in [0, 0.05) is 10.2 Å². The average Bonchev–Trinajstić information content (AvgIpc) is 2.75. The van der Waals surface area contributed by atoms with E-state index in [-0.39, 0.29) is 5.82 Å². The maximum Gasteiger partial charge on any atom is 0.188 e. The third-order valence-corrected chi connectivity index (χ3v) is 4.21. The second-order valence-corrected chi connectivity index (χ2v) is 5.88. The van der Waals surface area contributed by atoms with Gasteiger partial charge in [0.25, 0.3) is 0 Å². The van der Waals surface area contributed by atoms with Gasteiger partial charge in [0.15, 0.2) is 5.13 Å². The van der Waals surface area contributed by atoms with E-state index in [9.17, 15) is 4.39 Å². The second-order valence-electron chi connectivity index (χ2n) is 4.00. The Balaban J connectivity index is 1.98. The van der Waals surface area contributed by atoms with Crippen LogP contribution in [-0.4, -0.2) is 4.98 Å². The summed E-state index contributed by atoms with van der Waals surface area (Å²) in [6, 6.07) is 10.0. The number of nitrogen functional groups attached to an aromatic ring is 1. The molecule has 0 saturated heterocycles. The van der Waals surface area contributed by atoms with Crippen LogP contribution >= 0.6 is 27.3 Å². The molecule has 0 amide bonds. The number of aromatic nitrogens is 1. The molecule has 6 heteroatoms. The number of halogens is 2. The molecule has 1 aromatic heterocycles. The molecule has 0 aliphatic rings. The fraction of sp³-hybridized carbons (Fsp3) is 0. The van der Waals surface area contributed by atoms with Gasteiger partial charge in [-0.3, -0.25) is 0 Å². The first kappa shape index (κ1) is 12.4. The van der Waals surface area contributed by atoms with Crippen LogP contribution in [0.15, 0.2) is 40.9 Å². The molecular formula is C13H9BrFN3S. The van der Waals surface area contributed by atoms with Crippen molar-refractivity contribution in [2.45, 2.75) is 0 Å². The number of fused-ring (bicyclic) bond motifs is 1. The molecule has 0 saturated carbocycles. The summed E-state index contributed by atoms with van der Waals surface area (Å²) in [5.74, 6) is -0.295. The molecule has 1 heterocycles. The zero-order valence-corrected chi connectivity index (χ0v) is 12.1. The first-order valence-electron chi connectivity index (χ1n) is 5.50. The van der Waals surface area contributed by atoms with Crippen LogP contribution in [0.4, 0.5) is 20.9 Å². The predicted octanol–water partition coefficient (Wildman–Crippen LogP) is 4.52. The first-order valence-corrected chi connectivity index (χ1v) is 7.11. The van der Waals surface area contributed by atoms with Crippen LogP contribution in [0.2, 0.25) is 0 Å². The third-order valence-electron chi connectivity index (χ3n) is 2.58. The lowest BCUT2D eigenvalue weighted by molar-refractivity contribution is 0.628. The molecule has 3 nitrogen and oxygen atoms in total. The van der Waals surface area contributed by atoms with Crippen molar-refractivity contribution in [2.24, 2.45) is 0 Å². The van der Waals surface area contributed by atoms with Crippen LogP contribution in [0.1, 0.15) is 0 Å². The summed E-state index contributed by atoms with van der Waals surface area (Å²) in [5.41, 5.74) is 7.95. The minimum atomic E-state index is -0.295. The van der Waals surface area contributed by atoms with Crippen LogP contribution in [0.3, 0.4) is 0 Å². The highest BCUT2D eigenvalue weighted by Crippen LogP contribution is 2.32. The Morgan fingerprint density at radius 3 is 2.89 bits per heavy atom. The van der Waals surface area contributed by atoms with Crippen molar-refractivity contribution in [3.8, 4) is 0 Å². The van der Waals surface area contributed by atoms with E-state index in [1.807, 2.05) is 18.2 Å². The molecule has 0 radical (unpaired) electrons. The summed E-state index contributed by atoms with van der Waals surface area (Å²) in [6.45, 7) is 0. The molecule has 0 bridgehead atoms. The van der Waals surface area contributed by atoms with Crippen molar-refractivity contribution in [1.29, 1.82) is 0 Å². The van der Waals surface area contributed by atoms with E-state index in [4.69, 9.17) is 5.73 Å². The lowest BCUT2D eigenvalue weighted by atomic mass is 10.3. The summed E-state index contributed by atoms with van der Waals surface area (Å²) < 4.78 is 15.0. The van der Waals surface area contributed by atoms with E-state index in [0.717, 1.165) is 14.7 Å². The van der Waals surface area contributed by atoms with Crippen molar-refractivity contribution in [1.82, 2.24) is 4.98 Å². The number of hydrogen-bond donors (Lipinski definition) is 2. The largest absolute Gasteiger partial charge is 0.399 e. The average molecular weight is 338 g/mol. The normalized spacial score (nSPS) is 10.8. The fourth-order valence-corrected chi connectivity index (χ4v) is 2.98. The molecule has 3 aromatic rings. The molecule has 19 heavy (non-hydrogen) atoms. The van der Waals surface area contributed by atoms with Gasteiger partial charge in [0.1, 0.15) is 5.82 Å². The quantitative estimate of drug-likeness (QED) is 0.675. The SMILES string of the molecule is Nc1ccc2nc(Nc3cc(F)ccc3Br)sc2c1. The highest BCUT2D eigenvalue weighted by molar-refractivity contribution is 9.10. The van der Waals surface area contributed by atoms with Crippen molar-refractivity contribution < 1.29 is 4.39 Å².